The molecular formula is C19H19ClFNO4. The predicted molar refractivity (Wildman–Crippen MR) is 98.4 cm³/mol. The quantitative estimate of drug-likeness (QED) is 0.743. The molecule has 0 aliphatic heterocycles. The summed E-state index contributed by atoms with van der Waals surface area (Å²) in [6.07, 6.45) is 2.89. The predicted octanol–water partition coefficient (Wildman–Crippen LogP) is 3.83. The zero-order chi connectivity index (χ0) is 19.1. The van der Waals surface area contributed by atoms with Crippen molar-refractivity contribution in [1.29, 1.82) is 0 Å². The van der Waals surface area contributed by atoms with Crippen LogP contribution in [0.1, 0.15) is 11.1 Å². The maximum absolute atomic E-state index is 13.1. The van der Waals surface area contributed by atoms with Gasteiger partial charge in [0.2, 0.25) is 5.91 Å². The minimum absolute atomic E-state index is 0.00243. The number of ether oxygens (including phenoxy) is 3. The van der Waals surface area contributed by atoms with Gasteiger partial charge in [0.1, 0.15) is 11.6 Å². The van der Waals surface area contributed by atoms with Gasteiger partial charge in [-0.15, -0.1) is 0 Å². The molecule has 0 aliphatic rings. The van der Waals surface area contributed by atoms with E-state index < -0.39 is 5.82 Å². The number of amides is 1. The fourth-order valence-electron chi connectivity index (χ4n) is 2.26. The van der Waals surface area contributed by atoms with Crippen LogP contribution in [-0.4, -0.2) is 27.2 Å². The molecule has 5 nitrogen and oxygen atoms in total. The van der Waals surface area contributed by atoms with E-state index in [-0.39, 0.29) is 17.5 Å². The first kappa shape index (κ1) is 19.6. The highest BCUT2D eigenvalue weighted by Gasteiger charge is 2.12. The largest absolute Gasteiger partial charge is 0.496 e. The fraction of sp³-hybridized carbons (Fsp3) is 0.211. The van der Waals surface area contributed by atoms with Crippen LogP contribution in [0.3, 0.4) is 0 Å². The van der Waals surface area contributed by atoms with Crippen LogP contribution in [0.4, 0.5) is 4.39 Å². The molecule has 7 heteroatoms. The second-order valence-electron chi connectivity index (χ2n) is 5.24. The van der Waals surface area contributed by atoms with Crippen molar-refractivity contribution >= 4 is 23.6 Å². The van der Waals surface area contributed by atoms with Crippen molar-refractivity contribution in [3.8, 4) is 17.2 Å². The topological polar surface area (TPSA) is 56.8 Å². The molecule has 0 bridgehead atoms. The van der Waals surface area contributed by atoms with Gasteiger partial charge in [-0.25, -0.2) is 4.39 Å². The van der Waals surface area contributed by atoms with Gasteiger partial charge in [0, 0.05) is 24.3 Å². The highest BCUT2D eigenvalue weighted by Crippen LogP contribution is 2.34. The molecule has 0 saturated heterocycles. The third kappa shape index (κ3) is 4.89. The lowest BCUT2D eigenvalue weighted by Gasteiger charge is -2.14. The van der Waals surface area contributed by atoms with Gasteiger partial charge in [0.15, 0.2) is 11.5 Å². The van der Waals surface area contributed by atoms with Crippen molar-refractivity contribution in [1.82, 2.24) is 5.32 Å². The van der Waals surface area contributed by atoms with Crippen molar-refractivity contribution < 1.29 is 23.4 Å². The third-order valence-electron chi connectivity index (χ3n) is 3.61. The van der Waals surface area contributed by atoms with Gasteiger partial charge in [0.25, 0.3) is 0 Å². The second kappa shape index (κ2) is 9.10. The van der Waals surface area contributed by atoms with Gasteiger partial charge >= 0.3 is 0 Å². The SMILES string of the molecule is COc1cc(OC)c(OC)cc1CNC(=O)/C=C/c1ccc(F)c(Cl)c1. The van der Waals surface area contributed by atoms with E-state index in [2.05, 4.69) is 5.32 Å². The summed E-state index contributed by atoms with van der Waals surface area (Å²) in [7, 11) is 4.60. The molecule has 0 unspecified atom stereocenters. The Morgan fingerprint density at radius 1 is 1.08 bits per heavy atom. The molecule has 0 atom stereocenters. The third-order valence-corrected chi connectivity index (χ3v) is 3.90. The monoisotopic (exact) mass is 379 g/mol. The number of nitrogens with one attached hydrogen (secondary N) is 1. The number of rotatable bonds is 7. The average Bonchev–Trinajstić information content (AvgIpc) is 2.66. The fourth-order valence-corrected chi connectivity index (χ4v) is 2.45. The lowest BCUT2D eigenvalue weighted by molar-refractivity contribution is -0.116. The van der Waals surface area contributed by atoms with Crippen molar-refractivity contribution in [2.75, 3.05) is 21.3 Å². The first-order valence-electron chi connectivity index (χ1n) is 7.68. The van der Waals surface area contributed by atoms with Crippen LogP contribution in [-0.2, 0) is 11.3 Å². The molecule has 0 fully saturated rings. The Labute approximate surface area is 156 Å². The summed E-state index contributed by atoms with van der Waals surface area (Å²) in [6, 6.07) is 7.65. The highest BCUT2D eigenvalue weighted by atomic mass is 35.5. The molecule has 1 N–H and O–H groups in total. The summed E-state index contributed by atoms with van der Waals surface area (Å²) in [5, 5.41) is 2.75. The zero-order valence-electron chi connectivity index (χ0n) is 14.6. The molecule has 26 heavy (non-hydrogen) atoms. The van der Waals surface area contributed by atoms with Crippen LogP contribution in [0.5, 0.6) is 17.2 Å². The lowest BCUT2D eigenvalue weighted by Crippen LogP contribution is -2.20. The molecule has 0 spiro atoms. The zero-order valence-corrected chi connectivity index (χ0v) is 15.4. The molecule has 0 saturated carbocycles. The molecule has 0 aliphatic carbocycles. The van der Waals surface area contributed by atoms with Crippen LogP contribution >= 0.6 is 11.6 Å². The minimum atomic E-state index is -0.506. The van der Waals surface area contributed by atoms with E-state index in [4.69, 9.17) is 25.8 Å². The molecule has 2 rings (SSSR count). The summed E-state index contributed by atoms with van der Waals surface area (Å²) in [5.74, 6) is 0.815. The summed E-state index contributed by atoms with van der Waals surface area (Å²) < 4.78 is 28.9. The van der Waals surface area contributed by atoms with Crippen LogP contribution < -0.4 is 19.5 Å². The van der Waals surface area contributed by atoms with E-state index in [9.17, 15) is 9.18 Å². The molecule has 0 aromatic heterocycles. The number of hydrogen-bond acceptors (Lipinski definition) is 4. The average molecular weight is 380 g/mol. The lowest BCUT2D eigenvalue weighted by atomic mass is 10.1. The molecular weight excluding hydrogens is 361 g/mol. The Hall–Kier alpha value is -2.73. The number of hydrogen-bond donors (Lipinski definition) is 1. The maximum atomic E-state index is 13.1. The van der Waals surface area contributed by atoms with Crippen LogP contribution in [0.2, 0.25) is 5.02 Å². The van der Waals surface area contributed by atoms with E-state index in [0.29, 0.717) is 22.8 Å². The molecule has 0 heterocycles. The first-order valence-corrected chi connectivity index (χ1v) is 8.06. The molecule has 2 aromatic rings. The number of carbonyl (C=O) groups is 1. The standard InChI is InChI=1S/C19H19ClFNO4/c1-24-16-10-18(26-3)17(25-2)9-13(16)11-22-19(23)7-5-12-4-6-15(21)14(20)8-12/h4-10H,11H2,1-3H3,(H,22,23)/b7-5+. The Kier molecular flexibility index (Phi) is 6.86. The Balaban J connectivity index is 2.06. The first-order chi connectivity index (χ1) is 12.5. The van der Waals surface area contributed by atoms with E-state index >= 15 is 0 Å². The van der Waals surface area contributed by atoms with Crippen molar-refractivity contribution in [3.63, 3.8) is 0 Å². The molecule has 2 aromatic carbocycles. The van der Waals surface area contributed by atoms with Crippen molar-refractivity contribution in [3.05, 3.63) is 58.4 Å². The number of carbonyl (C=O) groups excluding carboxylic acids is 1. The summed E-state index contributed by atoms with van der Waals surface area (Å²) >= 11 is 5.71. The van der Waals surface area contributed by atoms with E-state index in [0.717, 1.165) is 5.56 Å². The smallest absolute Gasteiger partial charge is 0.244 e. The highest BCUT2D eigenvalue weighted by molar-refractivity contribution is 6.30. The van der Waals surface area contributed by atoms with Gasteiger partial charge in [-0.2, -0.15) is 0 Å². The molecule has 0 radical (unpaired) electrons. The Bertz CT molecular complexity index is 823. The van der Waals surface area contributed by atoms with Gasteiger partial charge in [-0.3, -0.25) is 4.79 Å². The van der Waals surface area contributed by atoms with Gasteiger partial charge in [-0.1, -0.05) is 17.7 Å². The summed E-state index contributed by atoms with van der Waals surface area (Å²) in [4.78, 5) is 12.0. The van der Waals surface area contributed by atoms with Gasteiger partial charge in [0.05, 0.1) is 26.4 Å². The minimum Gasteiger partial charge on any atom is -0.496 e. The number of halogens is 2. The second-order valence-corrected chi connectivity index (χ2v) is 5.65. The Morgan fingerprint density at radius 3 is 2.35 bits per heavy atom. The van der Waals surface area contributed by atoms with Crippen LogP contribution in [0.25, 0.3) is 6.08 Å². The van der Waals surface area contributed by atoms with Crippen molar-refractivity contribution in [2.24, 2.45) is 0 Å². The van der Waals surface area contributed by atoms with Crippen LogP contribution in [0, 0.1) is 5.82 Å². The van der Waals surface area contributed by atoms with Crippen molar-refractivity contribution in [2.45, 2.75) is 6.54 Å². The number of benzene rings is 2. The summed E-state index contributed by atoms with van der Waals surface area (Å²) in [5.41, 5.74) is 1.35. The normalized spacial score (nSPS) is 10.7. The Morgan fingerprint density at radius 2 is 1.73 bits per heavy atom. The molecule has 138 valence electrons. The van der Waals surface area contributed by atoms with Crippen LogP contribution in [0.15, 0.2) is 36.4 Å². The van der Waals surface area contributed by atoms with E-state index in [1.54, 1.807) is 18.2 Å². The maximum Gasteiger partial charge on any atom is 0.244 e. The molecule has 1 amide bonds. The summed E-state index contributed by atoms with van der Waals surface area (Å²) in [6.45, 7) is 0.233. The van der Waals surface area contributed by atoms with E-state index in [1.807, 2.05) is 0 Å². The number of methoxy groups -OCH3 is 3. The van der Waals surface area contributed by atoms with Gasteiger partial charge < -0.3 is 19.5 Å². The van der Waals surface area contributed by atoms with E-state index in [1.165, 1.54) is 45.6 Å². The van der Waals surface area contributed by atoms with Gasteiger partial charge in [-0.05, 0) is 29.8 Å².